The van der Waals surface area contributed by atoms with E-state index < -0.39 is 24.0 Å². The predicted octanol–water partition coefficient (Wildman–Crippen LogP) is 0.793. The maximum Gasteiger partial charge on any atom is 0.360 e. The van der Waals surface area contributed by atoms with Crippen LogP contribution in [-0.4, -0.2) is 33.8 Å². The molecule has 0 aliphatic heterocycles. The van der Waals surface area contributed by atoms with Crippen molar-refractivity contribution in [2.45, 2.75) is 33.4 Å². The van der Waals surface area contributed by atoms with E-state index >= 15 is 0 Å². The summed E-state index contributed by atoms with van der Waals surface area (Å²) in [5.74, 6) is -1.61. The zero-order valence-corrected chi connectivity index (χ0v) is 14.7. The molecule has 2 rings (SSSR count). The maximum absolute atomic E-state index is 12.5. The van der Waals surface area contributed by atoms with Gasteiger partial charge in [0, 0.05) is 11.9 Å². The number of carbonyl (C=O) groups is 3. The number of ether oxygens (including phenoxy) is 1. The number of rotatable bonds is 5. The Bertz CT molecular complexity index is 919. The lowest BCUT2D eigenvalue weighted by molar-refractivity contribution is -0.127. The smallest absolute Gasteiger partial charge is 0.360 e. The first-order chi connectivity index (χ1) is 12.2. The average molecular weight is 360 g/mol. The fourth-order valence-electron chi connectivity index (χ4n) is 2.35. The summed E-state index contributed by atoms with van der Waals surface area (Å²) in [7, 11) is 0. The second kappa shape index (κ2) is 7.77. The van der Waals surface area contributed by atoms with Gasteiger partial charge in [0.25, 0.3) is 11.5 Å². The number of imide groups is 1. The molecule has 0 aliphatic rings. The number of hydrogen-bond donors (Lipinski definition) is 2. The number of primary amides is 1. The van der Waals surface area contributed by atoms with Gasteiger partial charge in [0.2, 0.25) is 0 Å². The summed E-state index contributed by atoms with van der Waals surface area (Å²) in [6, 6.07) is 5.47. The standard InChI is InChI=1S/C17H20N4O5/c1-9(2)8-21-15(23)12-7-5-4-6-11(12)13(20-21)16(24)26-10(3)14(22)19-17(18)25/h4-7,9-10H,8H2,1-3H3,(H3,18,19,22,25)/t10-/m0/s1. The Hall–Kier alpha value is -3.23. The molecule has 1 heterocycles. The lowest BCUT2D eigenvalue weighted by Crippen LogP contribution is -2.42. The van der Waals surface area contributed by atoms with Gasteiger partial charge >= 0.3 is 12.0 Å². The molecule has 9 heteroatoms. The Kier molecular flexibility index (Phi) is 5.71. The lowest BCUT2D eigenvalue weighted by atomic mass is 10.1. The van der Waals surface area contributed by atoms with Gasteiger partial charge in [-0.25, -0.2) is 14.3 Å². The Balaban J connectivity index is 2.43. The third-order valence-electron chi connectivity index (χ3n) is 3.50. The van der Waals surface area contributed by atoms with Crippen LogP contribution in [0.5, 0.6) is 0 Å². The van der Waals surface area contributed by atoms with Crippen LogP contribution in [0.3, 0.4) is 0 Å². The molecule has 0 saturated carbocycles. The monoisotopic (exact) mass is 360 g/mol. The molecular formula is C17H20N4O5. The van der Waals surface area contributed by atoms with Crippen LogP contribution in [0.2, 0.25) is 0 Å². The molecule has 26 heavy (non-hydrogen) atoms. The quantitative estimate of drug-likeness (QED) is 0.757. The van der Waals surface area contributed by atoms with Crippen LogP contribution in [0.15, 0.2) is 29.1 Å². The summed E-state index contributed by atoms with van der Waals surface area (Å²) in [6.45, 7) is 5.44. The largest absolute Gasteiger partial charge is 0.448 e. The van der Waals surface area contributed by atoms with Crippen LogP contribution >= 0.6 is 0 Å². The Morgan fingerprint density at radius 1 is 1.19 bits per heavy atom. The van der Waals surface area contributed by atoms with Gasteiger partial charge in [-0.3, -0.25) is 14.9 Å². The van der Waals surface area contributed by atoms with Gasteiger partial charge in [-0.2, -0.15) is 5.10 Å². The molecule has 0 radical (unpaired) electrons. The first-order valence-electron chi connectivity index (χ1n) is 8.01. The molecule has 0 bridgehead atoms. The van der Waals surface area contributed by atoms with E-state index in [1.165, 1.54) is 11.6 Å². The number of nitrogens with two attached hydrogens (primary N) is 1. The van der Waals surface area contributed by atoms with Gasteiger partial charge in [0.05, 0.1) is 5.39 Å². The van der Waals surface area contributed by atoms with E-state index in [0.29, 0.717) is 17.3 Å². The summed E-state index contributed by atoms with van der Waals surface area (Å²) in [5.41, 5.74) is 4.47. The summed E-state index contributed by atoms with van der Waals surface area (Å²) in [4.78, 5) is 47.5. The van der Waals surface area contributed by atoms with Gasteiger partial charge in [-0.05, 0) is 18.9 Å². The van der Waals surface area contributed by atoms with Crippen LogP contribution in [0.1, 0.15) is 31.3 Å². The highest BCUT2D eigenvalue weighted by Gasteiger charge is 2.24. The molecule has 3 amide bonds. The molecule has 0 unspecified atom stereocenters. The molecule has 0 aliphatic carbocycles. The van der Waals surface area contributed by atoms with Crippen molar-refractivity contribution in [1.82, 2.24) is 15.1 Å². The third-order valence-corrected chi connectivity index (χ3v) is 3.50. The fourth-order valence-corrected chi connectivity index (χ4v) is 2.35. The molecule has 2 aromatic rings. The zero-order valence-electron chi connectivity index (χ0n) is 14.7. The molecule has 1 aromatic heterocycles. The van der Waals surface area contributed by atoms with E-state index in [9.17, 15) is 19.2 Å². The highest BCUT2D eigenvalue weighted by atomic mass is 16.5. The Labute approximate surface area is 149 Å². The predicted molar refractivity (Wildman–Crippen MR) is 93.4 cm³/mol. The van der Waals surface area contributed by atoms with Crippen LogP contribution in [0, 0.1) is 5.92 Å². The number of nitrogens with one attached hydrogen (secondary N) is 1. The van der Waals surface area contributed by atoms with Crippen LogP contribution in [0.25, 0.3) is 10.8 Å². The zero-order chi connectivity index (χ0) is 19.4. The van der Waals surface area contributed by atoms with Crippen molar-refractivity contribution in [3.05, 3.63) is 40.3 Å². The minimum Gasteiger partial charge on any atom is -0.448 e. The van der Waals surface area contributed by atoms with E-state index in [4.69, 9.17) is 10.5 Å². The van der Waals surface area contributed by atoms with Crippen LogP contribution in [-0.2, 0) is 16.1 Å². The first kappa shape index (κ1) is 19.1. The first-order valence-corrected chi connectivity index (χ1v) is 8.01. The van der Waals surface area contributed by atoms with Crippen molar-refractivity contribution in [2.24, 2.45) is 11.7 Å². The number of carbonyl (C=O) groups excluding carboxylic acids is 3. The van der Waals surface area contributed by atoms with E-state index in [1.807, 2.05) is 19.2 Å². The van der Waals surface area contributed by atoms with Crippen molar-refractivity contribution >= 4 is 28.7 Å². The minimum atomic E-state index is -1.26. The normalized spacial score (nSPS) is 12.0. The average Bonchev–Trinajstić information content (AvgIpc) is 2.56. The van der Waals surface area contributed by atoms with Gasteiger partial charge < -0.3 is 10.5 Å². The third kappa shape index (κ3) is 4.24. The number of esters is 1. The van der Waals surface area contributed by atoms with Gasteiger partial charge in [0.15, 0.2) is 11.8 Å². The van der Waals surface area contributed by atoms with Crippen molar-refractivity contribution in [3.8, 4) is 0 Å². The van der Waals surface area contributed by atoms with Gasteiger partial charge in [0.1, 0.15) is 0 Å². The topological polar surface area (TPSA) is 133 Å². The van der Waals surface area contributed by atoms with Gasteiger partial charge in [-0.15, -0.1) is 0 Å². The van der Waals surface area contributed by atoms with Crippen molar-refractivity contribution in [3.63, 3.8) is 0 Å². The molecule has 0 saturated heterocycles. The molecule has 1 atom stereocenters. The van der Waals surface area contributed by atoms with Crippen LogP contribution in [0.4, 0.5) is 4.79 Å². The summed E-state index contributed by atoms with van der Waals surface area (Å²) < 4.78 is 6.28. The van der Waals surface area contributed by atoms with Crippen molar-refractivity contribution < 1.29 is 19.1 Å². The lowest BCUT2D eigenvalue weighted by Gasteiger charge is -2.14. The summed E-state index contributed by atoms with van der Waals surface area (Å²) in [5, 5.41) is 6.60. The molecule has 9 nitrogen and oxygen atoms in total. The number of fused-ring (bicyclic) bond motifs is 1. The maximum atomic E-state index is 12.5. The van der Waals surface area contributed by atoms with E-state index in [-0.39, 0.29) is 17.2 Å². The summed E-state index contributed by atoms with van der Waals surface area (Å²) in [6.07, 6.45) is -1.26. The van der Waals surface area contributed by atoms with E-state index in [2.05, 4.69) is 5.10 Å². The van der Waals surface area contributed by atoms with Crippen molar-refractivity contribution in [1.29, 1.82) is 0 Å². The number of urea groups is 1. The highest BCUT2D eigenvalue weighted by Crippen LogP contribution is 2.15. The molecule has 3 N–H and O–H groups in total. The Morgan fingerprint density at radius 3 is 2.38 bits per heavy atom. The number of nitrogens with zero attached hydrogens (tertiary/aromatic N) is 2. The highest BCUT2D eigenvalue weighted by molar-refractivity contribution is 6.03. The van der Waals surface area contributed by atoms with E-state index in [0.717, 1.165) is 0 Å². The number of benzene rings is 1. The number of amides is 3. The SMILES string of the molecule is CC(C)Cn1nc(C(=O)O[C@@H](C)C(=O)NC(N)=O)c2ccccc2c1=O. The minimum absolute atomic E-state index is 0.0837. The summed E-state index contributed by atoms with van der Waals surface area (Å²) >= 11 is 0. The second-order valence-electron chi connectivity index (χ2n) is 6.18. The molecule has 138 valence electrons. The molecular weight excluding hydrogens is 340 g/mol. The van der Waals surface area contributed by atoms with Crippen molar-refractivity contribution in [2.75, 3.05) is 0 Å². The van der Waals surface area contributed by atoms with Gasteiger partial charge in [-0.1, -0.05) is 32.0 Å². The van der Waals surface area contributed by atoms with E-state index in [1.54, 1.807) is 24.3 Å². The molecule has 1 aromatic carbocycles. The Morgan fingerprint density at radius 2 is 1.81 bits per heavy atom. The number of aromatic nitrogens is 2. The second-order valence-corrected chi connectivity index (χ2v) is 6.18. The molecule has 0 spiro atoms. The van der Waals surface area contributed by atoms with Crippen LogP contribution < -0.4 is 16.6 Å². The number of hydrogen-bond acceptors (Lipinski definition) is 6. The fraction of sp³-hybridized carbons (Fsp3) is 0.353. The molecule has 0 fully saturated rings.